The molecule has 24 heavy (non-hydrogen) atoms. The molecule has 3 rings (SSSR count). The molecular formula is C16H19N3O4S. The number of carbonyl (C=O) groups excluding carboxylic acids is 3. The minimum Gasteiger partial charge on any atom is -0.364 e. The van der Waals surface area contributed by atoms with Gasteiger partial charge in [-0.1, -0.05) is 23.9 Å². The summed E-state index contributed by atoms with van der Waals surface area (Å²) in [6.07, 6.45) is 0.957. The number of amides is 3. The Kier molecular flexibility index (Phi) is 5.17. The van der Waals surface area contributed by atoms with Crippen LogP contribution in [0.3, 0.4) is 0 Å². The molecule has 2 aliphatic heterocycles. The molecule has 0 bridgehead atoms. The summed E-state index contributed by atoms with van der Waals surface area (Å²) < 4.78 is 5.56. The lowest BCUT2D eigenvalue weighted by Gasteiger charge is -2.14. The highest BCUT2D eigenvalue weighted by Gasteiger charge is 2.30. The van der Waals surface area contributed by atoms with Crippen molar-refractivity contribution < 1.29 is 19.1 Å². The normalized spacial score (nSPS) is 23.8. The van der Waals surface area contributed by atoms with Crippen molar-refractivity contribution in [3.05, 3.63) is 29.8 Å². The third-order valence-corrected chi connectivity index (χ3v) is 4.92. The maximum absolute atomic E-state index is 12.1. The number of carbonyl (C=O) groups is 3. The van der Waals surface area contributed by atoms with Gasteiger partial charge in [0.2, 0.25) is 5.91 Å². The van der Waals surface area contributed by atoms with E-state index in [1.54, 1.807) is 24.3 Å². The van der Waals surface area contributed by atoms with Crippen LogP contribution in [0, 0.1) is 0 Å². The average Bonchev–Trinajstić information content (AvgIpc) is 3.18. The van der Waals surface area contributed by atoms with E-state index in [9.17, 15) is 14.4 Å². The maximum atomic E-state index is 12.1. The summed E-state index contributed by atoms with van der Waals surface area (Å²) in [5.74, 6) is -0.145. The second-order valence-corrected chi connectivity index (χ2v) is 6.71. The van der Waals surface area contributed by atoms with Gasteiger partial charge in [-0.3, -0.25) is 19.3 Å². The zero-order valence-corrected chi connectivity index (χ0v) is 13.9. The monoisotopic (exact) mass is 349 g/mol. The Bertz CT molecular complexity index is 633. The van der Waals surface area contributed by atoms with Gasteiger partial charge in [0.1, 0.15) is 6.10 Å². The van der Waals surface area contributed by atoms with Crippen LogP contribution in [0.2, 0.25) is 0 Å². The van der Waals surface area contributed by atoms with Crippen LogP contribution in [0.25, 0.3) is 0 Å². The van der Waals surface area contributed by atoms with Gasteiger partial charge in [0.05, 0.1) is 18.4 Å². The predicted molar refractivity (Wildman–Crippen MR) is 90.4 cm³/mol. The number of nitrogens with zero attached hydrogens (tertiary/aromatic N) is 1. The molecule has 0 saturated carbocycles. The van der Waals surface area contributed by atoms with E-state index >= 15 is 0 Å². The lowest BCUT2D eigenvalue weighted by Crippen LogP contribution is -2.30. The van der Waals surface area contributed by atoms with Crippen LogP contribution in [0.4, 0.5) is 10.5 Å². The van der Waals surface area contributed by atoms with Gasteiger partial charge in [-0.15, -0.1) is 0 Å². The molecule has 3 amide bonds. The van der Waals surface area contributed by atoms with Crippen LogP contribution >= 0.6 is 11.8 Å². The Labute approximate surface area is 143 Å². The molecule has 1 aromatic rings. The summed E-state index contributed by atoms with van der Waals surface area (Å²) in [6, 6.07) is 7.08. The number of hydrogen-bond donors (Lipinski definition) is 2. The van der Waals surface area contributed by atoms with Crippen molar-refractivity contribution in [3.63, 3.8) is 0 Å². The van der Waals surface area contributed by atoms with Crippen molar-refractivity contribution in [2.24, 2.45) is 5.73 Å². The minimum absolute atomic E-state index is 0.0449. The van der Waals surface area contributed by atoms with Crippen molar-refractivity contribution in [2.45, 2.75) is 31.6 Å². The zero-order chi connectivity index (χ0) is 17.1. The number of anilines is 1. The van der Waals surface area contributed by atoms with Gasteiger partial charge >= 0.3 is 0 Å². The second-order valence-electron chi connectivity index (χ2n) is 5.78. The van der Waals surface area contributed by atoms with E-state index in [-0.39, 0.29) is 35.5 Å². The second kappa shape index (κ2) is 7.33. The first-order chi connectivity index (χ1) is 11.6. The molecule has 0 spiro atoms. The summed E-state index contributed by atoms with van der Waals surface area (Å²) in [5, 5.41) is 2.59. The molecule has 128 valence electrons. The first-order valence-electron chi connectivity index (χ1n) is 7.79. The van der Waals surface area contributed by atoms with Crippen molar-refractivity contribution in [1.82, 2.24) is 4.90 Å². The number of nitrogens with one attached hydrogen (secondary N) is 1. The van der Waals surface area contributed by atoms with Crippen LogP contribution in [0.5, 0.6) is 0 Å². The summed E-state index contributed by atoms with van der Waals surface area (Å²) >= 11 is 1.02. The van der Waals surface area contributed by atoms with E-state index in [1.807, 2.05) is 0 Å². The standard InChI is InChI=1S/C16H19N3O4S/c17-7-12-5-6-13(23-12)15(21)18-11-3-1-10(2-4-11)8-19-14(20)9-24-16(19)22/h1-4,12-13H,5-9,17H2,(H,18,21)/t12-,13+/m1/s1. The predicted octanol–water partition coefficient (Wildman–Crippen LogP) is 1.33. The summed E-state index contributed by atoms with van der Waals surface area (Å²) in [4.78, 5) is 36.6. The van der Waals surface area contributed by atoms with E-state index in [1.165, 1.54) is 4.90 Å². The fourth-order valence-corrected chi connectivity index (χ4v) is 3.43. The molecule has 2 saturated heterocycles. The molecule has 0 radical (unpaired) electrons. The molecule has 8 heteroatoms. The lowest BCUT2D eigenvalue weighted by molar-refractivity contribution is -0.126. The molecule has 2 atom stereocenters. The molecule has 0 unspecified atom stereocenters. The SMILES string of the molecule is NC[C@H]1CC[C@@H](C(=O)Nc2ccc(CN3C(=O)CSC3=O)cc2)O1. The van der Waals surface area contributed by atoms with Crippen LogP contribution in [0.1, 0.15) is 18.4 Å². The van der Waals surface area contributed by atoms with E-state index < -0.39 is 6.10 Å². The zero-order valence-electron chi connectivity index (χ0n) is 13.1. The Morgan fingerprint density at radius 2 is 2.04 bits per heavy atom. The van der Waals surface area contributed by atoms with E-state index in [4.69, 9.17) is 10.5 Å². The van der Waals surface area contributed by atoms with E-state index in [2.05, 4.69) is 5.32 Å². The first kappa shape index (κ1) is 16.9. The Morgan fingerprint density at radius 1 is 1.29 bits per heavy atom. The van der Waals surface area contributed by atoms with Gasteiger partial charge in [0.15, 0.2) is 0 Å². The van der Waals surface area contributed by atoms with Crippen molar-refractivity contribution in [3.8, 4) is 0 Å². The third-order valence-electron chi connectivity index (χ3n) is 4.07. The molecule has 1 aromatic carbocycles. The highest BCUT2D eigenvalue weighted by Crippen LogP contribution is 2.23. The summed E-state index contributed by atoms with van der Waals surface area (Å²) in [5.41, 5.74) is 7.02. The molecule has 0 aromatic heterocycles. The Morgan fingerprint density at radius 3 is 2.62 bits per heavy atom. The average molecular weight is 349 g/mol. The van der Waals surface area contributed by atoms with Crippen LogP contribution < -0.4 is 11.1 Å². The van der Waals surface area contributed by atoms with Crippen molar-refractivity contribution in [2.75, 3.05) is 17.6 Å². The van der Waals surface area contributed by atoms with Gasteiger partial charge in [0.25, 0.3) is 11.1 Å². The number of nitrogens with two attached hydrogens (primary N) is 1. The molecular weight excluding hydrogens is 330 g/mol. The number of rotatable bonds is 5. The Hall–Kier alpha value is -1.90. The van der Waals surface area contributed by atoms with E-state index in [0.717, 1.165) is 23.7 Å². The van der Waals surface area contributed by atoms with E-state index in [0.29, 0.717) is 18.7 Å². The lowest BCUT2D eigenvalue weighted by atomic mass is 10.1. The van der Waals surface area contributed by atoms with Crippen LogP contribution in [0.15, 0.2) is 24.3 Å². The number of benzene rings is 1. The highest BCUT2D eigenvalue weighted by atomic mass is 32.2. The Balaban J connectivity index is 1.56. The van der Waals surface area contributed by atoms with Gasteiger partial charge in [-0.05, 0) is 30.5 Å². The molecule has 2 heterocycles. The van der Waals surface area contributed by atoms with Crippen LogP contribution in [-0.4, -0.2) is 46.5 Å². The fourth-order valence-electron chi connectivity index (χ4n) is 2.70. The first-order valence-corrected chi connectivity index (χ1v) is 8.78. The fraction of sp³-hybridized carbons (Fsp3) is 0.438. The number of thioether (sulfide) groups is 1. The van der Waals surface area contributed by atoms with Crippen molar-refractivity contribution in [1.29, 1.82) is 0 Å². The number of ether oxygens (including phenoxy) is 1. The number of hydrogen-bond acceptors (Lipinski definition) is 6. The molecule has 2 fully saturated rings. The van der Waals surface area contributed by atoms with Crippen LogP contribution in [-0.2, 0) is 20.9 Å². The minimum atomic E-state index is -0.463. The smallest absolute Gasteiger partial charge is 0.289 e. The van der Waals surface area contributed by atoms with Gasteiger partial charge < -0.3 is 15.8 Å². The molecule has 0 aliphatic carbocycles. The molecule has 3 N–H and O–H groups in total. The summed E-state index contributed by atoms with van der Waals surface area (Å²) in [7, 11) is 0. The van der Waals surface area contributed by atoms with Gasteiger partial charge in [0, 0.05) is 12.2 Å². The topological polar surface area (TPSA) is 102 Å². The highest BCUT2D eigenvalue weighted by molar-refractivity contribution is 8.14. The van der Waals surface area contributed by atoms with Gasteiger partial charge in [-0.2, -0.15) is 0 Å². The number of imide groups is 1. The largest absolute Gasteiger partial charge is 0.364 e. The maximum Gasteiger partial charge on any atom is 0.289 e. The third kappa shape index (κ3) is 3.77. The van der Waals surface area contributed by atoms with Gasteiger partial charge in [-0.25, -0.2) is 0 Å². The molecule has 2 aliphatic rings. The van der Waals surface area contributed by atoms with Crippen molar-refractivity contribution >= 4 is 34.5 Å². The molecule has 7 nitrogen and oxygen atoms in total. The summed E-state index contributed by atoms with van der Waals surface area (Å²) in [6.45, 7) is 0.674. The quantitative estimate of drug-likeness (QED) is 0.831.